The molecule has 1 N–H and O–H groups in total. The van der Waals surface area contributed by atoms with Gasteiger partial charge in [-0.25, -0.2) is 13.1 Å². The van der Waals surface area contributed by atoms with Crippen LogP contribution < -0.4 is 14.7 Å². The molecule has 0 aromatic heterocycles. The van der Waals surface area contributed by atoms with Crippen LogP contribution in [0, 0.1) is 0 Å². The van der Waals surface area contributed by atoms with E-state index in [2.05, 4.69) is 0 Å². The van der Waals surface area contributed by atoms with Gasteiger partial charge in [-0.2, -0.15) is 0 Å². The zero-order valence-electron chi connectivity index (χ0n) is 11.5. The number of nitrogens with one attached hydrogen (secondary N) is 1. The van der Waals surface area contributed by atoms with Crippen molar-refractivity contribution in [2.45, 2.75) is 24.7 Å². The first-order chi connectivity index (χ1) is 9.85. The zero-order chi connectivity index (χ0) is 15.6. The highest BCUT2D eigenvalue weighted by molar-refractivity contribution is 7.89. The second kappa shape index (κ2) is 5.82. The Morgan fingerprint density at radius 3 is 2.71 bits per heavy atom. The van der Waals surface area contributed by atoms with Crippen molar-refractivity contribution in [1.82, 2.24) is 4.72 Å². The zero-order valence-corrected chi connectivity index (χ0v) is 12.3. The SMILES string of the molecule is CCC(=O)N1CCc2cc(S(=O)(=O)NCC(=O)[O-])ccc21. The summed E-state index contributed by atoms with van der Waals surface area (Å²) in [6.45, 7) is 1.51. The van der Waals surface area contributed by atoms with Crippen LogP contribution in [0.3, 0.4) is 0 Å². The van der Waals surface area contributed by atoms with E-state index in [-0.39, 0.29) is 10.8 Å². The van der Waals surface area contributed by atoms with E-state index in [1.807, 2.05) is 4.72 Å². The van der Waals surface area contributed by atoms with Crippen LogP contribution in [0.2, 0.25) is 0 Å². The van der Waals surface area contributed by atoms with E-state index < -0.39 is 22.5 Å². The van der Waals surface area contributed by atoms with Crippen LogP contribution in [0.4, 0.5) is 5.69 Å². The molecule has 0 fully saturated rings. The van der Waals surface area contributed by atoms with Crippen molar-refractivity contribution in [2.24, 2.45) is 0 Å². The summed E-state index contributed by atoms with van der Waals surface area (Å²) >= 11 is 0. The summed E-state index contributed by atoms with van der Waals surface area (Å²) in [6, 6.07) is 4.40. The summed E-state index contributed by atoms with van der Waals surface area (Å²) in [5, 5.41) is 10.3. The predicted octanol–water partition coefficient (Wildman–Crippen LogP) is -0.986. The van der Waals surface area contributed by atoms with E-state index in [4.69, 9.17) is 0 Å². The van der Waals surface area contributed by atoms with Crippen LogP contribution >= 0.6 is 0 Å². The van der Waals surface area contributed by atoms with Crippen molar-refractivity contribution in [3.63, 3.8) is 0 Å². The number of carbonyl (C=O) groups excluding carboxylic acids is 2. The van der Waals surface area contributed by atoms with Crippen molar-refractivity contribution in [3.8, 4) is 0 Å². The molecule has 0 saturated carbocycles. The maximum atomic E-state index is 11.9. The van der Waals surface area contributed by atoms with Gasteiger partial charge in [0.25, 0.3) is 0 Å². The van der Waals surface area contributed by atoms with Crippen molar-refractivity contribution < 1.29 is 23.1 Å². The highest BCUT2D eigenvalue weighted by atomic mass is 32.2. The predicted molar refractivity (Wildman–Crippen MR) is 73.0 cm³/mol. The third-order valence-corrected chi connectivity index (χ3v) is 4.67. The molecule has 114 valence electrons. The molecule has 1 aromatic carbocycles. The number of anilines is 1. The molecule has 0 saturated heterocycles. The molecule has 1 aliphatic rings. The number of aliphatic carboxylic acids is 1. The van der Waals surface area contributed by atoms with Gasteiger partial charge >= 0.3 is 0 Å². The number of fused-ring (bicyclic) bond motifs is 1. The normalized spacial score (nSPS) is 14.0. The molecular weight excluding hydrogens is 296 g/mol. The fourth-order valence-electron chi connectivity index (χ4n) is 2.23. The molecule has 0 unspecified atom stereocenters. The van der Waals surface area contributed by atoms with Gasteiger partial charge in [0, 0.05) is 18.7 Å². The molecule has 0 aliphatic carbocycles. The first kappa shape index (κ1) is 15.5. The van der Waals surface area contributed by atoms with Gasteiger partial charge in [-0.05, 0) is 30.2 Å². The standard InChI is InChI=1S/C13H16N2O5S/c1-2-12(16)15-6-5-9-7-10(3-4-11(9)15)21(19,20)14-8-13(17)18/h3-4,7,14H,2,5-6,8H2,1H3,(H,17,18)/p-1. The molecule has 1 amide bonds. The summed E-state index contributed by atoms with van der Waals surface area (Å²) < 4.78 is 25.8. The van der Waals surface area contributed by atoms with Gasteiger partial charge < -0.3 is 14.8 Å². The largest absolute Gasteiger partial charge is 0.549 e. The van der Waals surface area contributed by atoms with Gasteiger partial charge in [-0.15, -0.1) is 0 Å². The van der Waals surface area contributed by atoms with Crippen LogP contribution in [-0.4, -0.2) is 33.4 Å². The number of amides is 1. The molecule has 7 nitrogen and oxygen atoms in total. The van der Waals surface area contributed by atoms with Gasteiger partial charge in [0.2, 0.25) is 15.9 Å². The third-order valence-electron chi connectivity index (χ3n) is 3.27. The highest BCUT2D eigenvalue weighted by Gasteiger charge is 2.25. The number of sulfonamides is 1. The maximum absolute atomic E-state index is 11.9. The smallest absolute Gasteiger partial charge is 0.240 e. The molecule has 1 aromatic rings. The summed E-state index contributed by atoms with van der Waals surface area (Å²) in [5.41, 5.74) is 1.47. The van der Waals surface area contributed by atoms with Crippen LogP contribution in [0.1, 0.15) is 18.9 Å². The number of carboxylic acid groups (broad SMARTS) is 1. The third kappa shape index (κ3) is 3.22. The fraction of sp³-hybridized carbons (Fsp3) is 0.385. The lowest BCUT2D eigenvalue weighted by molar-refractivity contribution is -0.303. The number of nitrogens with zero attached hydrogens (tertiary/aromatic N) is 1. The minimum atomic E-state index is -3.89. The van der Waals surface area contributed by atoms with Crippen molar-refractivity contribution in [1.29, 1.82) is 0 Å². The molecule has 1 heterocycles. The summed E-state index contributed by atoms with van der Waals surface area (Å²) in [6.07, 6.45) is 0.956. The van der Waals surface area contributed by atoms with E-state index in [0.717, 1.165) is 5.56 Å². The molecule has 8 heteroatoms. The van der Waals surface area contributed by atoms with Crippen LogP contribution in [-0.2, 0) is 26.0 Å². The molecule has 21 heavy (non-hydrogen) atoms. The number of carboxylic acids is 1. The fourth-order valence-corrected chi connectivity index (χ4v) is 3.25. The lowest BCUT2D eigenvalue weighted by Crippen LogP contribution is -2.37. The maximum Gasteiger partial charge on any atom is 0.240 e. The Kier molecular flexibility index (Phi) is 4.29. The Balaban J connectivity index is 2.27. The van der Waals surface area contributed by atoms with Crippen molar-refractivity contribution in [3.05, 3.63) is 23.8 Å². The first-order valence-electron chi connectivity index (χ1n) is 6.48. The molecule has 2 rings (SSSR count). The number of hydrogen-bond acceptors (Lipinski definition) is 5. The lowest BCUT2D eigenvalue weighted by Gasteiger charge is -2.16. The van der Waals surface area contributed by atoms with E-state index in [0.29, 0.717) is 25.1 Å². The van der Waals surface area contributed by atoms with Gasteiger partial charge in [-0.3, -0.25) is 4.79 Å². The summed E-state index contributed by atoms with van der Waals surface area (Å²) in [7, 11) is -3.89. The Morgan fingerprint density at radius 2 is 2.10 bits per heavy atom. The minimum absolute atomic E-state index is 0.0144. The quantitative estimate of drug-likeness (QED) is 0.751. The van der Waals surface area contributed by atoms with Crippen LogP contribution in [0.15, 0.2) is 23.1 Å². The average molecular weight is 311 g/mol. The van der Waals surface area contributed by atoms with E-state index >= 15 is 0 Å². The van der Waals surface area contributed by atoms with Crippen molar-refractivity contribution >= 4 is 27.6 Å². The Morgan fingerprint density at radius 1 is 1.38 bits per heavy atom. The molecule has 1 aliphatic heterocycles. The van der Waals surface area contributed by atoms with Crippen LogP contribution in [0.25, 0.3) is 0 Å². The van der Waals surface area contributed by atoms with Gasteiger partial charge in [-0.1, -0.05) is 6.92 Å². The highest BCUT2D eigenvalue weighted by Crippen LogP contribution is 2.30. The second-order valence-electron chi connectivity index (χ2n) is 4.64. The van der Waals surface area contributed by atoms with E-state index in [1.54, 1.807) is 17.9 Å². The number of rotatable bonds is 5. The van der Waals surface area contributed by atoms with E-state index in [1.165, 1.54) is 12.1 Å². The minimum Gasteiger partial charge on any atom is -0.549 e. The number of hydrogen-bond donors (Lipinski definition) is 1. The van der Waals surface area contributed by atoms with Gasteiger partial charge in [0.05, 0.1) is 17.4 Å². The molecule has 0 radical (unpaired) electrons. The summed E-state index contributed by atoms with van der Waals surface area (Å²) in [5.74, 6) is -1.51. The second-order valence-corrected chi connectivity index (χ2v) is 6.40. The monoisotopic (exact) mass is 311 g/mol. The van der Waals surface area contributed by atoms with E-state index in [9.17, 15) is 23.1 Å². The van der Waals surface area contributed by atoms with Gasteiger partial charge in [0.1, 0.15) is 0 Å². The molecular formula is C13H15N2O5S-. The molecule has 0 bridgehead atoms. The summed E-state index contributed by atoms with van der Waals surface area (Å²) in [4.78, 5) is 23.7. The first-order valence-corrected chi connectivity index (χ1v) is 7.96. The van der Waals surface area contributed by atoms with Crippen LogP contribution in [0.5, 0.6) is 0 Å². The molecule has 0 atom stereocenters. The Hall–Kier alpha value is -1.93. The van der Waals surface area contributed by atoms with Gasteiger partial charge in [0.15, 0.2) is 0 Å². The Labute approximate surface area is 122 Å². The average Bonchev–Trinajstić information content (AvgIpc) is 2.87. The topological polar surface area (TPSA) is 107 Å². The lowest BCUT2D eigenvalue weighted by atomic mass is 10.2. The number of benzene rings is 1. The number of carbonyl (C=O) groups is 2. The Bertz CT molecular complexity index is 684. The van der Waals surface area contributed by atoms with Crippen molar-refractivity contribution in [2.75, 3.05) is 18.0 Å². The molecule has 0 spiro atoms.